The fraction of sp³-hybridized carbons (Fsp3) is 0.458. The maximum absolute atomic E-state index is 15.2. The monoisotopic (exact) mass is 411 g/mol. The molecule has 0 unspecified atom stereocenters. The van der Waals surface area contributed by atoms with Crippen LogP contribution in [-0.2, 0) is 22.3 Å². The summed E-state index contributed by atoms with van der Waals surface area (Å²) in [4.78, 5) is 13.0. The van der Waals surface area contributed by atoms with Gasteiger partial charge in [0.2, 0.25) is 6.79 Å². The van der Waals surface area contributed by atoms with Crippen LogP contribution in [0, 0.1) is 33.5 Å². The van der Waals surface area contributed by atoms with E-state index in [1.807, 2.05) is 40.7 Å². The number of rotatable bonds is 1. The maximum atomic E-state index is 15.2. The van der Waals surface area contributed by atoms with Gasteiger partial charge in [-0.1, -0.05) is 0 Å². The van der Waals surface area contributed by atoms with Crippen molar-refractivity contribution in [1.29, 1.82) is 0 Å². The number of hydrogen-bond donors (Lipinski definition) is 1. The second-order valence-electron chi connectivity index (χ2n) is 8.93. The molecule has 2 aromatic rings. The number of halogens is 1. The van der Waals surface area contributed by atoms with Crippen LogP contribution in [0.3, 0.4) is 0 Å². The van der Waals surface area contributed by atoms with E-state index >= 15 is 4.39 Å². The summed E-state index contributed by atoms with van der Waals surface area (Å²) in [6.45, 7) is 12.4. The number of nitrogens with one attached hydrogen (secondary N) is 1. The van der Waals surface area contributed by atoms with Crippen LogP contribution in [0.4, 0.5) is 4.39 Å². The molecule has 1 N–H and O–H groups in total. The molecule has 5 rings (SSSR count). The zero-order valence-corrected chi connectivity index (χ0v) is 18.2. The van der Waals surface area contributed by atoms with Gasteiger partial charge < -0.3 is 19.5 Å². The predicted molar refractivity (Wildman–Crippen MR) is 110 cm³/mol. The van der Waals surface area contributed by atoms with Gasteiger partial charge in [-0.05, 0) is 81.8 Å². The van der Waals surface area contributed by atoms with Gasteiger partial charge in [0.05, 0.1) is 5.54 Å². The van der Waals surface area contributed by atoms with E-state index in [2.05, 4.69) is 5.32 Å². The summed E-state index contributed by atoms with van der Waals surface area (Å²) in [5.41, 5.74) is 4.19. The van der Waals surface area contributed by atoms with E-state index in [-0.39, 0.29) is 12.4 Å². The second kappa shape index (κ2) is 5.97. The average molecular weight is 411 g/mol. The van der Waals surface area contributed by atoms with E-state index in [1.165, 1.54) is 0 Å². The molecule has 30 heavy (non-hydrogen) atoms. The van der Waals surface area contributed by atoms with Crippen molar-refractivity contribution in [3.05, 3.63) is 56.4 Å². The number of fused-ring (bicyclic) bond motifs is 3. The van der Waals surface area contributed by atoms with Crippen molar-refractivity contribution in [3.63, 3.8) is 0 Å². The number of esters is 1. The molecule has 0 saturated carbocycles. The highest BCUT2D eigenvalue weighted by atomic mass is 19.1. The molecule has 2 aromatic carbocycles. The van der Waals surface area contributed by atoms with Crippen LogP contribution in [0.15, 0.2) is 6.07 Å². The molecule has 3 aliphatic heterocycles. The molecule has 3 aliphatic rings. The number of hydrogen-bond acceptors (Lipinski definition) is 5. The van der Waals surface area contributed by atoms with Crippen molar-refractivity contribution >= 4 is 5.97 Å². The van der Waals surface area contributed by atoms with E-state index in [0.29, 0.717) is 17.7 Å². The summed E-state index contributed by atoms with van der Waals surface area (Å²) >= 11 is 0. The van der Waals surface area contributed by atoms with Gasteiger partial charge >= 0.3 is 5.97 Å². The zero-order chi connectivity index (χ0) is 21.6. The Kier molecular flexibility index (Phi) is 3.86. The molecule has 0 aliphatic carbocycles. The molecular weight excluding hydrogens is 385 g/mol. The Hall–Kier alpha value is -2.60. The Morgan fingerprint density at radius 1 is 1.00 bits per heavy atom. The van der Waals surface area contributed by atoms with Crippen LogP contribution < -0.4 is 14.8 Å². The smallest absolute Gasteiger partial charge is 0.342 e. The molecular formula is C24H26FNO4. The van der Waals surface area contributed by atoms with E-state index in [1.54, 1.807) is 6.92 Å². The lowest BCUT2D eigenvalue weighted by Crippen LogP contribution is -2.58. The van der Waals surface area contributed by atoms with Crippen molar-refractivity contribution < 1.29 is 23.4 Å². The number of cyclic esters (lactones) is 1. The summed E-state index contributed by atoms with van der Waals surface area (Å²) < 4.78 is 32.6. The maximum Gasteiger partial charge on any atom is 0.342 e. The molecule has 5 nitrogen and oxygen atoms in total. The van der Waals surface area contributed by atoms with Crippen molar-refractivity contribution in [2.24, 2.45) is 0 Å². The number of benzene rings is 2. The molecule has 0 spiro atoms. The van der Waals surface area contributed by atoms with Crippen LogP contribution in [0.2, 0.25) is 0 Å². The Morgan fingerprint density at radius 2 is 1.73 bits per heavy atom. The van der Waals surface area contributed by atoms with Crippen molar-refractivity contribution in [3.8, 4) is 11.5 Å². The summed E-state index contributed by atoms with van der Waals surface area (Å²) in [6.07, 6.45) is 0.819. The molecule has 2 atom stereocenters. The lowest BCUT2D eigenvalue weighted by molar-refractivity contribution is -0.0555. The summed E-state index contributed by atoms with van der Waals surface area (Å²) in [5, 5.41) is 3.61. The van der Waals surface area contributed by atoms with Gasteiger partial charge in [-0.3, -0.25) is 0 Å². The number of ether oxygens (including phenoxy) is 3. The minimum atomic E-state index is -1.09. The van der Waals surface area contributed by atoms with E-state index in [9.17, 15) is 4.79 Å². The Balaban J connectivity index is 1.82. The third kappa shape index (κ3) is 2.12. The molecule has 0 fully saturated rings. The van der Waals surface area contributed by atoms with Gasteiger partial charge in [0.15, 0.2) is 17.1 Å². The average Bonchev–Trinajstić information content (AvgIpc) is 3.27. The van der Waals surface area contributed by atoms with E-state index in [0.717, 1.165) is 45.7 Å². The lowest BCUT2D eigenvalue weighted by atomic mass is 9.67. The van der Waals surface area contributed by atoms with Gasteiger partial charge in [-0.25, -0.2) is 9.18 Å². The first kappa shape index (κ1) is 19.4. The largest absolute Gasteiger partial charge is 0.454 e. The Morgan fingerprint density at radius 3 is 2.47 bits per heavy atom. The van der Waals surface area contributed by atoms with Gasteiger partial charge in [0.25, 0.3) is 0 Å². The first-order valence-corrected chi connectivity index (χ1v) is 10.3. The van der Waals surface area contributed by atoms with Gasteiger partial charge in [-0.15, -0.1) is 0 Å². The molecule has 0 aromatic heterocycles. The third-order valence-corrected chi connectivity index (χ3v) is 7.59. The van der Waals surface area contributed by atoms with E-state index in [4.69, 9.17) is 14.2 Å². The number of carbonyl (C=O) groups excluding carboxylic acids is 1. The van der Waals surface area contributed by atoms with Crippen LogP contribution in [0.1, 0.15) is 63.1 Å². The second-order valence-corrected chi connectivity index (χ2v) is 8.93. The van der Waals surface area contributed by atoms with Gasteiger partial charge in [0, 0.05) is 17.7 Å². The minimum Gasteiger partial charge on any atom is -0.454 e. The molecule has 6 heteroatoms. The van der Waals surface area contributed by atoms with Gasteiger partial charge in [0.1, 0.15) is 11.4 Å². The van der Waals surface area contributed by atoms with Crippen LogP contribution in [-0.4, -0.2) is 19.3 Å². The summed E-state index contributed by atoms with van der Waals surface area (Å²) in [7, 11) is 0. The minimum absolute atomic E-state index is 0.0617. The Labute approximate surface area is 175 Å². The topological polar surface area (TPSA) is 56.8 Å². The molecule has 158 valence electrons. The highest BCUT2D eigenvalue weighted by Crippen LogP contribution is 2.55. The lowest BCUT2D eigenvalue weighted by Gasteiger charge is -2.48. The molecule has 0 amide bonds. The normalized spacial score (nSPS) is 26.4. The zero-order valence-electron chi connectivity index (χ0n) is 18.2. The standard InChI is InChI=1S/C24H26FNO4/c1-11-12(2)19-17(20(25)13(11)3)22(27)30-24(19,6)23(5)18-14(4)21-16(28-10-29-21)9-15(18)7-8-26-23/h9,26H,7-8,10H2,1-6H3/t23-,24+/m1/s1. The molecule has 0 saturated heterocycles. The Bertz CT molecular complexity index is 1140. The quantitative estimate of drug-likeness (QED) is 0.712. The van der Waals surface area contributed by atoms with Crippen molar-refractivity contribution in [2.45, 2.75) is 59.1 Å². The molecule has 0 radical (unpaired) electrons. The fourth-order valence-corrected chi connectivity index (χ4v) is 5.66. The highest BCUT2D eigenvalue weighted by molar-refractivity contribution is 5.96. The predicted octanol–water partition coefficient (Wildman–Crippen LogP) is 4.23. The molecule has 0 bridgehead atoms. The van der Waals surface area contributed by atoms with Crippen LogP contribution in [0.25, 0.3) is 0 Å². The first-order valence-electron chi connectivity index (χ1n) is 10.3. The van der Waals surface area contributed by atoms with Crippen molar-refractivity contribution in [1.82, 2.24) is 5.32 Å². The van der Waals surface area contributed by atoms with Crippen molar-refractivity contribution in [2.75, 3.05) is 13.3 Å². The molecule has 3 heterocycles. The SMILES string of the molecule is Cc1c(C)c(F)c2c(c1C)[C@@](C)([C@]1(C)NCCc3cc4c(c(C)c31)OCO4)OC2=O. The number of carbonyl (C=O) groups is 1. The van der Waals surface area contributed by atoms with Gasteiger partial charge in [-0.2, -0.15) is 0 Å². The summed E-state index contributed by atoms with van der Waals surface area (Å²) in [5.74, 6) is 0.381. The van der Waals surface area contributed by atoms with Crippen LogP contribution >= 0.6 is 0 Å². The highest BCUT2D eigenvalue weighted by Gasteiger charge is 2.59. The van der Waals surface area contributed by atoms with E-state index < -0.39 is 22.9 Å². The third-order valence-electron chi connectivity index (χ3n) is 7.59. The fourth-order valence-electron chi connectivity index (χ4n) is 5.66. The first-order chi connectivity index (χ1) is 14.1. The summed E-state index contributed by atoms with van der Waals surface area (Å²) in [6, 6.07) is 2.03. The van der Waals surface area contributed by atoms with Crippen LogP contribution in [0.5, 0.6) is 11.5 Å².